The Morgan fingerprint density at radius 3 is 2.62 bits per heavy atom. The molecule has 1 unspecified atom stereocenters. The van der Waals surface area contributed by atoms with Gasteiger partial charge in [0.05, 0.1) is 6.61 Å². The molecule has 0 saturated carbocycles. The van der Waals surface area contributed by atoms with Crippen molar-refractivity contribution in [3.63, 3.8) is 0 Å². The second-order valence-electron chi connectivity index (χ2n) is 6.91. The Morgan fingerprint density at radius 2 is 1.95 bits per heavy atom. The van der Waals surface area contributed by atoms with Gasteiger partial charge in [-0.3, -0.25) is 0 Å². The minimum absolute atomic E-state index is 0.645. The van der Waals surface area contributed by atoms with Gasteiger partial charge in [-0.1, -0.05) is 43.6 Å². The lowest BCUT2D eigenvalue weighted by Gasteiger charge is -2.23. The van der Waals surface area contributed by atoms with Gasteiger partial charge in [0.25, 0.3) is 0 Å². The van der Waals surface area contributed by atoms with Crippen molar-refractivity contribution in [1.29, 1.82) is 0 Å². The van der Waals surface area contributed by atoms with E-state index in [0.717, 1.165) is 38.3 Å². The van der Waals surface area contributed by atoms with E-state index >= 15 is 0 Å². The van der Waals surface area contributed by atoms with Gasteiger partial charge < -0.3 is 10.1 Å². The van der Waals surface area contributed by atoms with E-state index in [9.17, 15) is 0 Å². The lowest BCUT2D eigenvalue weighted by molar-refractivity contribution is 0.332. The van der Waals surface area contributed by atoms with Crippen LogP contribution in [0, 0.1) is 17.8 Å². The molecule has 1 aliphatic heterocycles. The number of rotatable bonds is 7. The number of ether oxygens (including phenoxy) is 1. The van der Waals surface area contributed by atoms with Gasteiger partial charge in [0.15, 0.2) is 0 Å². The van der Waals surface area contributed by atoms with Crippen LogP contribution in [0.15, 0.2) is 16.6 Å². The highest BCUT2D eigenvalue weighted by Gasteiger charge is 2.21. The second kappa shape index (κ2) is 7.64. The van der Waals surface area contributed by atoms with Crippen molar-refractivity contribution in [2.75, 3.05) is 19.7 Å². The van der Waals surface area contributed by atoms with E-state index < -0.39 is 0 Å². The van der Waals surface area contributed by atoms with Crippen LogP contribution in [0.25, 0.3) is 0 Å². The summed E-state index contributed by atoms with van der Waals surface area (Å²) in [7, 11) is 0. The first-order valence-electron chi connectivity index (χ1n) is 8.12. The third-order valence-corrected chi connectivity index (χ3v) is 4.67. The SMILES string of the molecule is CC(C)CNCC(Cc1cc(Br)cc2c1OCC2)C(C)C. The number of hydrogen-bond acceptors (Lipinski definition) is 2. The van der Waals surface area contributed by atoms with Gasteiger partial charge in [0.2, 0.25) is 0 Å². The van der Waals surface area contributed by atoms with Crippen LogP contribution in [0.5, 0.6) is 5.75 Å². The average molecular weight is 354 g/mol. The summed E-state index contributed by atoms with van der Waals surface area (Å²) in [6, 6.07) is 4.44. The Balaban J connectivity index is 2.07. The highest BCUT2D eigenvalue weighted by molar-refractivity contribution is 9.10. The molecule has 1 aliphatic rings. The molecule has 0 amide bonds. The summed E-state index contributed by atoms with van der Waals surface area (Å²) in [6.07, 6.45) is 2.13. The van der Waals surface area contributed by atoms with E-state index in [4.69, 9.17) is 4.74 Å². The molecule has 118 valence electrons. The maximum Gasteiger partial charge on any atom is 0.125 e. The zero-order valence-corrected chi connectivity index (χ0v) is 15.3. The first-order valence-corrected chi connectivity index (χ1v) is 8.91. The first kappa shape index (κ1) is 16.8. The molecule has 0 saturated heterocycles. The van der Waals surface area contributed by atoms with E-state index in [-0.39, 0.29) is 0 Å². The molecule has 0 spiro atoms. The van der Waals surface area contributed by atoms with E-state index in [0.29, 0.717) is 17.8 Å². The minimum atomic E-state index is 0.645. The largest absolute Gasteiger partial charge is 0.493 e. The van der Waals surface area contributed by atoms with Crippen molar-refractivity contribution in [1.82, 2.24) is 5.32 Å². The Bertz CT molecular complexity index is 471. The lowest BCUT2D eigenvalue weighted by atomic mass is 9.88. The summed E-state index contributed by atoms with van der Waals surface area (Å²) < 4.78 is 7.05. The van der Waals surface area contributed by atoms with Gasteiger partial charge in [-0.25, -0.2) is 0 Å². The van der Waals surface area contributed by atoms with E-state index in [1.165, 1.54) is 15.6 Å². The molecule has 0 bridgehead atoms. The lowest BCUT2D eigenvalue weighted by Crippen LogP contribution is -2.30. The van der Waals surface area contributed by atoms with Gasteiger partial charge in [-0.15, -0.1) is 0 Å². The Hall–Kier alpha value is -0.540. The third-order valence-electron chi connectivity index (χ3n) is 4.21. The Morgan fingerprint density at radius 1 is 1.19 bits per heavy atom. The third kappa shape index (κ3) is 4.72. The predicted molar refractivity (Wildman–Crippen MR) is 93.1 cm³/mol. The van der Waals surface area contributed by atoms with Crippen molar-refractivity contribution in [3.8, 4) is 5.75 Å². The van der Waals surface area contributed by atoms with Crippen LogP contribution in [0.4, 0.5) is 0 Å². The van der Waals surface area contributed by atoms with E-state index in [2.05, 4.69) is 61.1 Å². The topological polar surface area (TPSA) is 21.3 Å². The minimum Gasteiger partial charge on any atom is -0.493 e. The summed E-state index contributed by atoms with van der Waals surface area (Å²) in [5.74, 6) is 3.16. The van der Waals surface area contributed by atoms with E-state index in [1.54, 1.807) is 0 Å². The molecule has 3 heteroatoms. The highest BCUT2D eigenvalue weighted by Crippen LogP contribution is 2.35. The highest BCUT2D eigenvalue weighted by atomic mass is 79.9. The summed E-state index contributed by atoms with van der Waals surface area (Å²) >= 11 is 3.64. The predicted octanol–water partition coefficient (Wildman–Crippen LogP) is 4.44. The fraction of sp³-hybridized carbons (Fsp3) is 0.667. The summed E-state index contributed by atoms with van der Waals surface area (Å²) in [5.41, 5.74) is 2.72. The van der Waals surface area contributed by atoms with Crippen LogP contribution in [-0.2, 0) is 12.8 Å². The Kier molecular flexibility index (Phi) is 6.12. The molecule has 2 rings (SSSR count). The maximum absolute atomic E-state index is 5.87. The molecule has 1 atom stereocenters. The quantitative estimate of drug-likeness (QED) is 0.781. The molecule has 0 aliphatic carbocycles. The van der Waals surface area contributed by atoms with Gasteiger partial charge in [0, 0.05) is 10.9 Å². The monoisotopic (exact) mass is 353 g/mol. The molecule has 1 aromatic rings. The molecule has 0 aromatic heterocycles. The number of fused-ring (bicyclic) bond motifs is 1. The van der Waals surface area contributed by atoms with Gasteiger partial charge in [0.1, 0.15) is 5.75 Å². The van der Waals surface area contributed by atoms with Crippen molar-refractivity contribution in [3.05, 3.63) is 27.7 Å². The zero-order chi connectivity index (χ0) is 15.4. The molecule has 2 nitrogen and oxygen atoms in total. The van der Waals surface area contributed by atoms with Crippen LogP contribution in [0.3, 0.4) is 0 Å². The van der Waals surface area contributed by atoms with Crippen molar-refractivity contribution in [2.45, 2.75) is 40.5 Å². The summed E-state index contributed by atoms with van der Waals surface area (Å²) in [4.78, 5) is 0. The maximum atomic E-state index is 5.87. The molecular formula is C18H28BrNO. The normalized spacial score (nSPS) is 15.4. The molecule has 1 N–H and O–H groups in total. The number of benzene rings is 1. The van der Waals surface area contributed by atoms with Crippen molar-refractivity contribution >= 4 is 15.9 Å². The fourth-order valence-electron chi connectivity index (χ4n) is 2.88. The first-order chi connectivity index (χ1) is 9.97. The van der Waals surface area contributed by atoms with Crippen LogP contribution in [-0.4, -0.2) is 19.7 Å². The van der Waals surface area contributed by atoms with Gasteiger partial charge in [-0.05, 0) is 60.5 Å². The van der Waals surface area contributed by atoms with Crippen molar-refractivity contribution in [2.24, 2.45) is 17.8 Å². The molecular weight excluding hydrogens is 326 g/mol. The number of hydrogen-bond donors (Lipinski definition) is 1. The number of halogens is 1. The Labute approximate surface area is 137 Å². The molecule has 1 aromatic carbocycles. The molecule has 0 radical (unpaired) electrons. The van der Waals surface area contributed by atoms with Crippen molar-refractivity contribution < 1.29 is 4.74 Å². The number of nitrogens with one attached hydrogen (secondary N) is 1. The zero-order valence-electron chi connectivity index (χ0n) is 13.7. The van der Waals surface area contributed by atoms with Gasteiger partial charge >= 0.3 is 0 Å². The molecule has 1 heterocycles. The summed E-state index contributed by atoms with van der Waals surface area (Å²) in [5, 5.41) is 3.62. The van der Waals surface area contributed by atoms with E-state index in [1.807, 2.05) is 0 Å². The smallest absolute Gasteiger partial charge is 0.125 e. The average Bonchev–Trinajstić information content (AvgIpc) is 2.84. The van der Waals surface area contributed by atoms with Gasteiger partial charge in [-0.2, -0.15) is 0 Å². The molecule has 21 heavy (non-hydrogen) atoms. The van der Waals surface area contributed by atoms with Crippen LogP contribution >= 0.6 is 15.9 Å². The van der Waals surface area contributed by atoms with Crippen LogP contribution in [0.1, 0.15) is 38.8 Å². The van der Waals surface area contributed by atoms with Crippen LogP contribution < -0.4 is 10.1 Å². The standard InChI is InChI=1S/C18H28BrNO/c1-12(2)10-20-11-16(13(3)4)7-15-9-17(19)8-14-5-6-21-18(14)15/h8-9,12-13,16,20H,5-7,10-11H2,1-4H3. The summed E-state index contributed by atoms with van der Waals surface area (Å²) in [6.45, 7) is 12.2. The van der Waals surface area contributed by atoms with Crippen LogP contribution in [0.2, 0.25) is 0 Å². The second-order valence-corrected chi connectivity index (χ2v) is 7.83. The fourth-order valence-corrected chi connectivity index (χ4v) is 3.43. The molecule has 0 fully saturated rings.